The van der Waals surface area contributed by atoms with Crippen molar-refractivity contribution in [3.63, 3.8) is 0 Å². The van der Waals surface area contributed by atoms with Gasteiger partial charge in [-0.1, -0.05) is 11.3 Å². The van der Waals surface area contributed by atoms with Gasteiger partial charge in [0, 0.05) is 12.1 Å². The number of rotatable bonds is 4. The zero-order valence-electron chi connectivity index (χ0n) is 13.6. The normalized spacial score (nSPS) is 17.0. The van der Waals surface area contributed by atoms with Gasteiger partial charge in [-0.2, -0.15) is 0 Å². The van der Waals surface area contributed by atoms with E-state index >= 15 is 0 Å². The molecule has 4 rings (SSSR count). The lowest BCUT2D eigenvalue weighted by molar-refractivity contribution is -0.384. The van der Waals surface area contributed by atoms with Gasteiger partial charge in [-0.3, -0.25) is 19.8 Å². The number of amides is 1. The molecule has 1 fully saturated rings. The molecule has 1 atom stereocenters. The van der Waals surface area contributed by atoms with E-state index in [9.17, 15) is 14.9 Å². The van der Waals surface area contributed by atoms with Gasteiger partial charge in [0.15, 0.2) is 5.13 Å². The van der Waals surface area contributed by atoms with Crippen molar-refractivity contribution in [1.29, 1.82) is 0 Å². The highest BCUT2D eigenvalue weighted by molar-refractivity contribution is 8.00. The van der Waals surface area contributed by atoms with Gasteiger partial charge in [0.05, 0.1) is 28.0 Å². The number of non-ortho nitro benzene ring substituents is 1. The summed E-state index contributed by atoms with van der Waals surface area (Å²) in [7, 11) is 1.61. The molecule has 3 aromatic rings. The highest BCUT2D eigenvalue weighted by Crippen LogP contribution is 2.44. The smallest absolute Gasteiger partial charge is 0.269 e. The predicted octanol–water partition coefficient (Wildman–Crippen LogP) is 3.99. The third kappa shape index (κ3) is 2.89. The molecule has 2 aromatic carbocycles. The van der Waals surface area contributed by atoms with Crippen molar-refractivity contribution in [2.75, 3.05) is 17.8 Å². The summed E-state index contributed by atoms with van der Waals surface area (Å²) < 4.78 is 6.17. The van der Waals surface area contributed by atoms with Crippen LogP contribution < -0.4 is 9.64 Å². The highest BCUT2D eigenvalue weighted by Gasteiger charge is 2.36. The molecular weight excluding hydrogens is 374 g/mol. The maximum Gasteiger partial charge on any atom is 0.269 e. The number of anilines is 1. The van der Waals surface area contributed by atoms with Crippen molar-refractivity contribution >= 4 is 50.0 Å². The molecule has 1 aliphatic heterocycles. The molecule has 9 heteroatoms. The molecule has 0 radical (unpaired) electrons. The fourth-order valence-electron chi connectivity index (χ4n) is 2.76. The van der Waals surface area contributed by atoms with Crippen LogP contribution in [0.5, 0.6) is 5.75 Å². The van der Waals surface area contributed by atoms with Gasteiger partial charge in [-0.25, -0.2) is 4.98 Å². The van der Waals surface area contributed by atoms with Gasteiger partial charge in [-0.15, -0.1) is 11.8 Å². The quantitative estimate of drug-likeness (QED) is 0.497. The highest BCUT2D eigenvalue weighted by atomic mass is 32.2. The van der Waals surface area contributed by atoms with Crippen molar-refractivity contribution in [2.45, 2.75) is 5.37 Å². The Morgan fingerprint density at radius 2 is 2.04 bits per heavy atom. The van der Waals surface area contributed by atoms with Gasteiger partial charge in [-0.05, 0) is 35.9 Å². The summed E-state index contributed by atoms with van der Waals surface area (Å²) in [6.07, 6.45) is 0. The van der Waals surface area contributed by atoms with Gasteiger partial charge in [0.25, 0.3) is 5.69 Å². The standard InChI is InChI=1S/C17H13N3O4S2/c1-24-12-6-7-13-14(8-12)26-17(18-13)19-15(21)9-25-16(19)10-2-4-11(5-3-10)20(22)23/h2-8,16H,9H2,1H3. The molecule has 0 N–H and O–H groups in total. The molecule has 2 heterocycles. The van der Waals surface area contributed by atoms with Crippen LogP contribution in [-0.4, -0.2) is 28.7 Å². The summed E-state index contributed by atoms with van der Waals surface area (Å²) in [5.41, 5.74) is 1.67. The van der Waals surface area contributed by atoms with E-state index in [0.29, 0.717) is 10.9 Å². The first-order valence-electron chi connectivity index (χ1n) is 7.69. The summed E-state index contributed by atoms with van der Waals surface area (Å²) in [5, 5.41) is 11.2. The molecule has 26 heavy (non-hydrogen) atoms. The minimum Gasteiger partial charge on any atom is -0.497 e. The second kappa shape index (κ2) is 6.58. The maximum absolute atomic E-state index is 12.5. The van der Waals surface area contributed by atoms with Crippen molar-refractivity contribution in [3.05, 3.63) is 58.1 Å². The Balaban J connectivity index is 1.71. The lowest BCUT2D eigenvalue weighted by Crippen LogP contribution is -2.27. The number of carbonyl (C=O) groups excluding carboxylic acids is 1. The fourth-order valence-corrected chi connectivity index (χ4v) is 5.02. The first-order chi connectivity index (χ1) is 12.6. The molecule has 1 amide bonds. The Labute approximate surface area is 156 Å². The summed E-state index contributed by atoms with van der Waals surface area (Å²) in [5.74, 6) is 1.06. The number of ether oxygens (including phenoxy) is 1. The Morgan fingerprint density at radius 1 is 1.27 bits per heavy atom. The van der Waals surface area contributed by atoms with Crippen molar-refractivity contribution in [3.8, 4) is 5.75 Å². The van der Waals surface area contributed by atoms with Gasteiger partial charge >= 0.3 is 0 Å². The number of methoxy groups -OCH3 is 1. The van der Waals surface area contributed by atoms with Crippen molar-refractivity contribution in [1.82, 2.24) is 4.98 Å². The van der Waals surface area contributed by atoms with Crippen LogP contribution in [0.2, 0.25) is 0 Å². The van der Waals surface area contributed by atoms with Crippen molar-refractivity contribution < 1.29 is 14.5 Å². The number of aromatic nitrogens is 1. The monoisotopic (exact) mass is 387 g/mol. The van der Waals surface area contributed by atoms with Gasteiger partial charge in [0.1, 0.15) is 11.1 Å². The zero-order chi connectivity index (χ0) is 18.3. The molecule has 1 aliphatic rings. The van der Waals surface area contributed by atoms with Crippen LogP contribution >= 0.6 is 23.1 Å². The van der Waals surface area contributed by atoms with Crippen LogP contribution in [-0.2, 0) is 4.79 Å². The first kappa shape index (κ1) is 16.8. The Morgan fingerprint density at radius 3 is 2.73 bits per heavy atom. The molecule has 7 nitrogen and oxygen atoms in total. The number of thiazole rings is 1. The third-order valence-corrected chi connectivity index (χ3v) is 6.28. The van der Waals surface area contributed by atoms with E-state index in [0.717, 1.165) is 21.5 Å². The summed E-state index contributed by atoms with van der Waals surface area (Å²) >= 11 is 2.91. The average Bonchev–Trinajstić information content (AvgIpc) is 3.23. The minimum absolute atomic E-state index is 0.0237. The number of benzene rings is 2. The topological polar surface area (TPSA) is 85.6 Å². The fraction of sp³-hybridized carbons (Fsp3) is 0.176. The van der Waals surface area contributed by atoms with Crippen LogP contribution in [0.25, 0.3) is 10.2 Å². The Hall–Kier alpha value is -2.65. The molecule has 0 saturated carbocycles. The minimum atomic E-state index is -0.435. The van der Waals surface area contributed by atoms with E-state index in [2.05, 4.69) is 4.98 Å². The van der Waals surface area contributed by atoms with Crippen LogP contribution in [0.4, 0.5) is 10.8 Å². The number of nitro benzene ring substituents is 1. The van der Waals surface area contributed by atoms with Crippen LogP contribution in [0, 0.1) is 10.1 Å². The van der Waals surface area contributed by atoms with E-state index in [4.69, 9.17) is 4.74 Å². The largest absolute Gasteiger partial charge is 0.497 e. The average molecular weight is 387 g/mol. The summed E-state index contributed by atoms with van der Waals surface area (Å²) in [4.78, 5) is 29.1. The van der Waals surface area contributed by atoms with Crippen LogP contribution in [0.3, 0.4) is 0 Å². The van der Waals surface area contributed by atoms with Crippen LogP contribution in [0.1, 0.15) is 10.9 Å². The first-order valence-corrected chi connectivity index (χ1v) is 9.56. The number of carbonyl (C=O) groups is 1. The zero-order valence-corrected chi connectivity index (χ0v) is 15.3. The lowest BCUT2D eigenvalue weighted by Gasteiger charge is -2.21. The number of nitro groups is 1. The van der Waals surface area contributed by atoms with Crippen LogP contribution in [0.15, 0.2) is 42.5 Å². The number of hydrogen-bond donors (Lipinski definition) is 0. The number of nitrogens with zero attached hydrogens (tertiary/aromatic N) is 3. The predicted molar refractivity (Wildman–Crippen MR) is 102 cm³/mol. The van der Waals surface area contributed by atoms with E-state index in [1.165, 1.54) is 35.2 Å². The van der Waals surface area contributed by atoms with Gasteiger partial charge < -0.3 is 4.74 Å². The number of hydrogen-bond acceptors (Lipinski definition) is 7. The summed E-state index contributed by atoms with van der Waals surface area (Å²) in [6, 6.07) is 11.9. The molecule has 1 saturated heterocycles. The Bertz CT molecular complexity index is 1000. The molecule has 132 valence electrons. The van der Waals surface area contributed by atoms with Crippen molar-refractivity contribution in [2.24, 2.45) is 0 Å². The molecule has 0 bridgehead atoms. The summed E-state index contributed by atoms with van der Waals surface area (Å²) in [6.45, 7) is 0. The second-order valence-corrected chi connectivity index (χ2v) is 7.68. The molecule has 1 unspecified atom stereocenters. The lowest BCUT2D eigenvalue weighted by atomic mass is 10.2. The van der Waals surface area contributed by atoms with Gasteiger partial charge in [0.2, 0.25) is 5.91 Å². The van der Waals surface area contributed by atoms with E-state index in [1.807, 2.05) is 18.2 Å². The second-order valence-electron chi connectivity index (χ2n) is 5.61. The SMILES string of the molecule is COc1ccc2nc(N3C(=O)CSC3c3ccc([N+](=O)[O-])cc3)sc2c1. The molecule has 0 spiro atoms. The molecule has 0 aliphatic carbocycles. The van der Waals surface area contributed by atoms with E-state index in [1.54, 1.807) is 24.1 Å². The Kier molecular flexibility index (Phi) is 4.25. The van der Waals surface area contributed by atoms with E-state index < -0.39 is 4.92 Å². The molecule has 1 aromatic heterocycles. The maximum atomic E-state index is 12.5. The number of thioether (sulfide) groups is 1. The number of fused-ring (bicyclic) bond motifs is 1. The third-order valence-electron chi connectivity index (χ3n) is 4.05. The molecular formula is C17H13N3O4S2. The van der Waals surface area contributed by atoms with E-state index in [-0.39, 0.29) is 17.0 Å².